The Hall–Kier alpha value is -0.430. The molecule has 1 atom stereocenters. The van der Waals surface area contributed by atoms with Gasteiger partial charge in [-0.2, -0.15) is 12.6 Å². The molecule has 1 unspecified atom stereocenters. The summed E-state index contributed by atoms with van der Waals surface area (Å²) in [5.41, 5.74) is 1.44. The van der Waals surface area contributed by atoms with Gasteiger partial charge in [-0.05, 0) is 24.8 Å². The largest absolute Gasteiger partial charge is 0.176 e. The first-order valence-corrected chi connectivity index (χ1v) is 7.56. The first-order chi connectivity index (χ1) is 8.33. The summed E-state index contributed by atoms with van der Waals surface area (Å²) >= 11 is 4.69. The summed E-state index contributed by atoms with van der Waals surface area (Å²) in [7, 11) is 0. The molecule has 17 heavy (non-hydrogen) atoms. The molecule has 0 heterocycles. The van der Waals surface area contributed by atoms with Crippen LogP contribution in [-0.2, 0) is 6.42 Å². The molecular formula is C16H26S. The van der Waals surface area contributed by atoms with E-state index in [9.17, 15) is 0 Å². The predicted molar refractivity (Wildman–Crippen MR) is 80.9 cm³/mol. The maximum Gasteiger partial charge on any atom is 0.00199 e. The summed E-state index contributed by atoms with van der Waals surface area (Å²) in [6.07, 6.45) is 10.5. The lowest BCUT2D eigenvalue weighted by atomic mass is 10.0. The molecule has 1 rings (SSSR count). The van der Waals surface area contributed by atoms with E-state index in [0.717, 1.165) is 0 Å². The van der Waals surface area contributed by atoms with E-state index in [4.69, 9.17) is 0 Å². The lowest BCUT2D eigenvalue weighted by molar-refractivity contribution is 0.585. The molecule has 0 nitrogen and oxygen atoms in total. The lowest BCUT2D eigenvalue weighted by Gasteiger charge is -2.10. The lowest BCUT2D eigenvalue weighted by Crippen LogP contribution is -2.01. The second-order valence-corrected chi connectivity index (χ2v) is 5.61. The van der Waals surface area contributed by atoms with Gasteiger partial charge in [-0.25, -0.2) is 0 Å². The average Bonchev–Trinajstić information content (AvgIpc) is 2.37. The molecule has 1 aromatic carbocycles. The summed E-state index contributed by atoms with van der Waals surface area (Å²) in [6.45, 7) is 2.27. The Morgan fingerprint density at radius 1 is 0.941 bits per heavy atom. The first kappa shape index (κ1) is 14.6. The predicted octanol–water partition coefficient (Wildman–Crippen LogP) is 5.28. The van der Waals surface area contributed by atoms with Crippen molar-refractivity contribution in [3.8, 4) is 0 Å². The van der Waals surface area contributed by atoms with E-state index in [-0.39, 0.29) is 0 Å². The Kier molecular flexibility index (Phi) is 8.25. The van der Waals surface area contributed by atoms with Crippen LogP contribution in [0.1, 0.15) is 57.4 Å². The van der Waals surface area contributed by atoms with E-state index in [0.29, 0.717) is 5.25 Å². The number of hydrogen-bond acceptors (Lipinski definition) is 1. The summed E-state index contributed by atoms with van der Waals surface area (Å²) in [6, 6.07) is 10.7. The van der Waals surface area contributed by atoms with Crippen molar-refractivity contribution >= 4 is 12.6 Å². The Labute approximate surface area is 112 Å². The molecule has 0 aromatic heterocycles. The van der Waals surface area contributed by atoms with Gasteiger partial charge in [0.25, 0.3) is 0 Å². The number of hydrogen-bond donors (Lipinski definition) is 1. The van der Waals surface area contributed by atoms with Crippen molar-refractivity contribution < 1.29 is 0 Å². The van der Waals surface area contributed by atoms with Crippen LogP contribution in [0.3, 0.4) is 0 Å². The van der Waals surface area contributed by atoms with Gasteiger partial charge in [-0.15, -0.1) is 0 Å². The number of aryl methyl sites for hydroxylation is 1. The molecule has 0 saturated carbocycles. The smallest absolute Gasteiger partial charge is 0.00199 e. The minimum atomic E-state index is 0.580. The molecule has 0 aliphatic heterocycles. The standard InChI is InChI=1S/C16H26S/c1-2-3-4-5-9-12-16(17)14-13-15-10-7-6-8-11-15/h6-8,10-11,16-17H,2-5,9,12-14H2,1H3. The van der Waals surface area contributed by atoms with Crippen molar-refractivity contribution in [1.29, 1.82) is 0 Å². The van der Waals surface area contributed by atoms with E-state index in [1.54, 1.807) is 0 Å². The molecule has 0 N–H and O–H groups in total. The minimum Gasteiger partial charge on any atom is -0.176 e. The molecule has 0 radical (unpaired) electrons. The zero-order valence-corrected chi connectivity index (χ0v) is 12.0. The normalized spacial score (nSPS) is 12.6. The van der Waals surface area contributed by atoms with Gasteiger partial charge in [0.15, 0.2) is 0 Å². The fourth-order valence-electron chi connectivity index (χ4n) is 2.11. The highest BCUT2D eigenvalue weighted by molar-refractivity contribution is 7.80. The SMILES string of the molecule is CCCCCCCC(S)CCc1ccccc1. The molecule has 0 amide bonds. The van der Waals surface area contributed by atoms with Gasteiger partial charge in [0, 0.05) is 5.25 Å². The van der Waals surface area contributed by atoms with Crippen LogP contribution in [-0.4, -0.2) is 5.25 Å². The van der Waals surface area contributed by atoms with Crippen molar-refractivity contribution in [2.75, 3.05) is 0 Å². The summed E-state index contributed by atoms with van der Waals surface area (Å²) in [4.78, 5) is 0. The van der Waals surface area contributed by atoms with Crippen LogP contribution in [0.25, 0.3) is 0 Å². The van der Waals surface area contributed by atoms with Crippen LogP contribution in [0.5, 0.6) is 0 Å². The monoisotopic (exact) mass is 250 g/mol. The summed E-state index contributed by atoms with van der Waals surface area (Å²) in [5.74, 6) is 0. The van der Waals surface area contributed by atoms with Crippen molar-refractivity contribution in [2.24, 2.45) is 0 Å². The van der Waals surface area contributed by atoms with Gasteiger partial charge in [0.1, 0.15) is 0 Å². The second-order valence-electron chi connectivity index (χ2n) is 4.88. The molecular weight excluding hydrogens is 224 g/mol. The third-order valence-corrected chi connectivity index (χ3v) is 3.77. The fraction of sp³-hybridized carbons (Fsp3) is 0.625. The molecule has 0 fully saturated rings. The minimum absolute atomic E-state index is 0.580. The maximum atomic E-state index is 4.69. The van der Waals surface area contributed by atoms with Crippen LogP contribution in [0.4, 0.5) is 0 Å². The quantitative estimate of drug-likeness (QED) is 0.447. The van der Waals surface area contributed by atoms with E-state index >= 15 is 0 Å². The maximum absolute atomic E-state index is 4.69. The zero-order chi connectivity index (χ0) is 12.3. The van der Waals surface area contributed by atoms with Crippen LogP contribution in [0, 0.1) is 0 Å². The molecule has 0 spiro atoms. The molecule has 0 bridgehead atoms. The van der Waals surface area contributed by atoms with E-state index in [1.165, 1.54) is 56.9 Å². The average molecular weight is 250 g/mol. The van der Waals surface area contributed by atoms with Crippen molar-refractivity contribution in [3.05, 3.63) is 35.9 Å². The Bertz CT molecular complexity index is 268. The van der Waals surface area contributed by atoms with Gasteiger partial charge in [-0.1, -0.05) is 69.4 Å². The van der Waals surface area contributed by atoms with Crippen molar-refractivity contribution in [2.45, 2.75) is 63.5 Å². The number of benzene rings is 1. The van der Waals surface area contributed by atoms with Crippen LogP contribution in [0.2, 0.25) is 0 Å². The Balaban J connectivity index is 2.03. The van der Waals surface area contributed by atoms with Gasteiger partial charge in [0.05, 0.1) is 0 Å². The fourth-order valence-corrected chi connectivity index (χ4v) is 2.42. The number of thiol groups is 1. The number of rotatable bonds is 9. The van der Waals surface area contributed by atoms with Gasteiger partial charge < -0.3 is 0 Å². The van der Waals surface area contributed by atoms with Crippen LogP contribution >= 0.6 is 12.6 Å². The Morgan fingerprint density at radius 2 is 1.65 bits per heavy atom. The zero-order valence-electron chi connectivity index (χ0n) is 11.1. The highest BCUT2D eigenvalue weighted by Gasteiger charge is 2.03. The van der Waals surface area contributed by atoms with Gasteiger partial charge >= 0.3 is 0 Å². The third kappa shape index (κ3) is 7.49. The van der Waals surface area contributed by atoms with Crippen LogP contribution < -0.4 is 0 Å². The summed E-state index contributed by atoms with van der Waals surface area (Å²) < 4.78 is 0. The van der Waals surface area contributed by atoms with E-state index in [2.05, 4.69) is 49.9 Å². The van der Waals surface area contributed by atoms with Crippen molar-refractivity contribution in [3.63, 3.8) is 0 Å². The van der Waals surface area contributed by atoms with Gasteiger partial charge in [-0.3, -0.25) is 0 Å². The number of unbranched alkanes of at least 4 members (excludes halogenated alkanes) is 4. The molecule has 1 heteroatoms. The molecule has 96 valence electrons. The summed E-state index contributed by atoms with van der Waals surface area (Å²) in [5, 5.41) is 0.580. The molecule has 0 aliphatic rings. The first-order valence-electron chi connectivity index (χ1n) is 7.05. The Morgan fingerprint density at radius 3 is 2.35 bits per heavy atom. The topological polar surface area (TPSA) is 0 Å². The van der Waals surface area contributed by atoms with E-state index in [1.807, 2.05) is 0 Å². The molecule has 0 aliphatic carbocycles. The van der Waals surface area contributed by atoms with E-state index < -0.39 is 0 Å². The molecule has 0 saturated heterocycles. The highest BCUT2D eigenvalue weighted by Crippen LogP contribution is 2.16. The van der Waals surface area contributed by atoms with Crippen molar-refractivity contribution in [1.82, 2.24) is 0 Å². The van der Waals surface area contributed by atoms with Crippen LogP contribution in [0.15, 0.2) is 30.3 Å². The second kappa shape index (κ2) is 9.58. The third-order valence-electron chi connectivity index (χ3n) is 3.25. The molecule has 1 aromatic rings. The highest BCUT2D eigenvalue weighted by atomic mass is 32.1. The van der Waals surface area contributed by atoms with Gasteiger partial charge in [0.2, 0.25) is 0 Å².